The lowest BCUT2D eigenvalue weighted by Gasteiger charge is -1.81. The molecule has 0 bridgehead atoms. The second-order valence-electron chi connectivity index (χ2n) is 1.67. The molecule has 0 saturated carbocycles. The molecule has 0 aromatic rings. The topological polar surface area (TPSA) is 29.1 Å². The molecule has 0 aromatic heterocycles. The molecule has 0 spiro atoms. The molecule has 1 amide bonds. The highest BCUT2D eigenvalue weighted by Crippen LogP contribution is 2.05. The summed E-state index contributed by atoms with van der Waals surface area (Å²) in [5.74, 6) is 0.0555. The van der Waals surface area contributed by atoms with Gasteiger partial charge in [0.1, 0.15) is 0 Å². The van der Waals surface area contributed by atoms with Crippen molar-refractivity contribution < 1.29 is 4.79 Å². The van der Waals surface area contributed by atoms with Gasteiger partial charge in [-0.25, -0.2) is 0 Å². The molecule has 0 atom stereocenters. The molecule has 2 heteroatoms. The molecule has 8 heavy (non-hydrogen) atoms. The van der Waals surface area contributed by atoms with Gasteiger partial charge in [0.25, 0.3) is 0 Å². The van der Waals surface area contributed by atoms with Gasteiger partial charge in [-0.15, -0.1) is 0 Å². The third kappa shape index (κ3) is 0.780. The fourth-order valence-corrected chi connectivity index (χ4v) is 0.592. The number of amides is 1. The van der Waals surface area contributed by atoms with Crippen LogP contribution in [0.5, 0.6) is 0 Å². The number of carbonyl (C=O) groups excluding carboxylic acids is 1. The molecule has 0 aromatic carbocycles. The maximum Gasteiger partial charge on any atom is 0.228 e. The number of hydrogen-bond acceptors (Lipinski definition) is 1. The minimum atomic E-state index is 0.0555. The molecule has 1 aliphatic heterocycles. The maximum absolute atomic E-state index is 10.4. The lowest BCUT2D eigenvalue weighted by Crippen LogP contribution is -2.08. The minimum Gasteiger partial charge on any atom is -0.332 e. The Hall–Kier alpha value is -1.05. The number of carbonyl (C=O) groups is 1. The number of hydrogen-bond donors (Lipinski definition) is 1. The summed E-state index contributed by atoms with van der Waals surface area (Å²) >= 11 is 0. The first-order chi connectivity index (χ1) is 3.83. The lowest BCUT2D eigenvalue weighted by molar-refractivity contribution is -0.118. The Morgan fingerprint density at radius 3 is 2.88 bits per heavy atom. The van der Waals surface area contributed by atoms with Crippen LogP contribution in [0.3, 0.4) is 0 Å². The van der Waals surface area contributed by atoms with Crippen molar-refractivity contribution >= 4 is 5.91 Å². The van der Waals surface area contributed by atoms with Gasteiger partial charge in [0.2, 0.25) is 5.91 Å². The second kappa shape index (κ2) is 1.82. The van der Waals surface area contributed by atoms with E-state index in [2.05, 4.69) is 11.9 Å². The van der Waals surface area contributed by atoms with Gasteiger partial charge in [0.15, 0.2) is 0 Å². The van der Waals surface area contributed by atoms with Crippen LogP contribution < -0.4 is 5.32 Å². The predicted molar refractivity (Wildman–Crippen MR) is 31.0 cm³/mol. The van der Waals surface area contributed by atoms with Gasteiger partial charge in [0.05, 0.1) is 6.42 Å². The smallest absolute Gasteiger partial charge is 0.228 e. The van der Waals surface area contributed by atoms with Crippen LogP contribution in [0.25, 0.3) is 0 Å². The largest absolute Gasteiger partial charge is 0.332 e. The van der Waals surface area contributed by atoms with Crippen molar-refractivity contribution in [2.75, 3.05) is 0 Å². The van der Waals surface area contributed by atoms with Crippen molar-refractivity contribution in [2.24, 2.45) is 0 Å². The number of rotatable bonds is 1. The molecule has 1 heterocycles. The fraction of sp³-hybridized carbons (Fsp3) is 0.167. The van der Waals surface area contributed by atoms with Crippen molar-refractivity contribution in [2.45, 2.75) is 6.42 Å². The Morgan fingerprint density at radius 1 is 1.88 bits per heavy atom. The molecule has 2 nitrogen and oxygen atoms in total. The SMILES string of the molecule is C=CC1=CNC(=O)C1. The third-order valence-corrected chi connectivity index (χ3v) is 1.05. The molecule has 0 radical (unpaired) electrons. The normalized spacial score (nSPS) is 17.5. The standard InChI is InChI=1S/C6H7NO/c1-2-5-3-6(8)7-4-5/h2,4H,1,3H2,(H,7,8). The summed E-state index contributed by atoms with van der Waals surface area (Å²) in [5, 5.41) is 2.55. The molecule has 0 unspecified atom stereocenters. The second-order valence-corrected chi connectivity index (χ2v) is 1.67. The van der Waals surface area contributed by atoms with Crippen molar-refractivity contribution in [3.8, 4) is 0 Å². The maximum atomic E-state index is 10.4. The van der Waals surface area contributed by atoms with E-state index < -0.39 is 0 Å². The molecular weight excluding hydrogens is 102 g/mol. The van der Waals surface area contributed by atoms with Gasteiger partial charge in [-0.05, 0) is 5.57 Å². The molecule has 0 fully saturated rings. The summed E-state index contributed by atoms with van der Waals surface area (Å²) in [6.45, 7) is 3.52. The molecular formula is C6H7NO. The van der Waals surface area contributed by atoms with Crippen LogP contribution in [-0.4, -0.2) is 5.91 Å². The Morgan fingerprint density at radius 2 is 2.62 bits per heavy atom. The van der Waals surface area contributed by atoms with E-state index in [1.54, 1.807) is 12.3 Å². The van der Waals surface area contributed by atoms with E-state index in [1.807, 2.05) is 0 Å². The van der Waals surface area contributed by atoms with Gasteiger partial charge in [-0.3, -0.25) is 4.79 Å². The Labute approximate surface area is 47.9 Å². The first-order valence-electron chi connectivity index (χ1n) is 2.44. The van der Waals surface area contributed by atoms with E-state index in [9.17, 15) is 4.79 Å². The summed E-state index contributed by atoms with van der Waals surface area (Å²) in [5.41, 5.74) is 0.968. The molecule has 1 aliphatic rings. The highest BCUT2D eigenvalue weighted by molar-refractivity contribution is 5.83. The monoisotopic (exact) mass is 109 g/mol. The van der Waals surface area contributed by atoms with E-state index in [-0.39, 0.29) is 5.91 Å². The van der Waals surface area contributed by atoms with Crippen molar-refractivity contribution in [3.05, 3.63) is 24.4 Å². The average molecular weight is 109 g/mol. The third-order valence-electron chi connectivity index (χ3n) is 1.05. The van der Waals surface area contributed by atoms with Gasteiger partial charge in [-0.1, -0.05) is 12.7 Å². The number of nitrogens with one attached hydrogen (secondary N) is 1. The Kier molecular flexibility index (Phi) is 1.16. The lowest BCUT2D eigenvalue weighted by atomic mass is 10.2. The van der Waals surface area contributed by atoms with Gasteiger partial charge in [0, 0.05) is 6.20 Å². The zero-order valence-corrected chi connectivity index (χ0v) is 4.48. The van der Waals surface area contributed by atoms with Gasteiger partial charge < -0.3 is 5.32 Å². The molecule has 1 N–H and O–H groups in total. The predicted octanol–water partition coefficient (Wildman–Crippen LogP) is 0.576. The summed E-state index contributed by atoms with van der Waals surface area (Å²) in [4.78, 5) is 10.4. The molecule has 1 rings (SSSR count). The minimum absolute atomic E-state index is 0.0555. The Balaban J connectivity index is 2.61. The first kappa shape index (κ1) is 5.09. The zero-order valence-electron chi connectivity index (χ0n) is 4.48. The van der Waals surface area contributed by atoms with Crippen LogP contribution in [0.15, 0.2) is 24.4 Å². The fourth-order valence-electron chi connectivity index (χ4n) is 0.592. The van der Waals surface area contributed by atoms with Crippen LogP contribution in [0.1, 0.15) is 6.42 Å². The summed E-state index contributed by atoms with van der Waals surface area (Å²) in [7, 11) is 0. The highest BCUT2D eigenvalue weighted by Gasteiger charge is 2.07. The van der Waals surface area contributed by atoms with E-state index in [1.165, 1.54) is 0 Å². The van der Waals surface area contributed by atoms with Crippen LogP contribution >= 0.6 is 0 Å². The van der Waals surface area contributed by atoms with Crippen molar-refractivity contribution in [1.82, 2.24) is 5.32 Å². The molecule has 0 aliphatic carbocycles. The van der Waals surface area contributed by atoms with E-state index >= 15 is 0 Å². The van der Waals surface area contributed by atoms with Crippen LogP contribution in [0.4, 0.5) is 0 Å². The summed E-state index contributed by atoms with van der Waals surface area (Å²) in [6.07, 6.45) is 3.84. The van der Waals surface area contributed by atoms with Crippen molar-refractivity contribution in [3.63, 3.8) is 0 Å². The highest BCUT2D eigenvalue weighted by atomic mass is 16.1. The Bertz CT molecular complexity index is 158. The summed E-state index contributed by atoms with van der Waals surface area (Å²) < 4.78 is 0. The van der Waals surface area contributed by atoms with Crippen LogP contribution in [-0.2, 0) is 4.79 Å². The molecule has 42 valence electrons. The quantitative estimate of drug-likeness (QED) is 0.524. The van der Waals surface area contributed by atoms with Gasteiger partial charge >= 0.3 is 0 Å². The first-order valence-corrected chi connectivity index (χ1v) is 2.44. The van der Waals surface area contributed by atoms with Crippen molar-refractivity contribution in [1.29, 1.82) is 0 Å². The van der Waals surface area contributed by atoms with Crippen LogP contribution in [0, 0.1) is 0 Å². The van der Waals surface area contributed by atoms with Gasteiger partial charge in [-0.2, -0.15) is 0 Å². The van der Waals surface area contributed by atoms with E-state index in [0.29, 0.717) is 6.42 Å². The average Bonchev–Trinajstić information content (AvgIpc) is 2.14. The van der Waals surface area contributed by atoms with E-state index in [4.69, 9.17) is 0 Å². The van der Waals surface area contributed by atoms with Crippen LogP contribution in [0.2, 0.25) is 0 Å². The number of allylic oxidation sites excluding steroid dienone is 1. The van der Waals surface area contributed by atoms with E-state index in [0.717, 1.165) is 5.57 Å². The zero-order chi connectivity index (χ0) is 5.98. The summed E-state index contributed by atoms with van der Waals surface area (Å²) in [6, 6.07) is 0. The molecule has 0 saturated heterocycles.